The number of carboxylic acid groups (broad SMARTS) is 1. The first-order valence-corrected chi connectivity index (χ1v) is 8.49. The van der Waals surface area contributed by atoms with Crippen LogP contribution < -0.4 is 0 Å². The molecule has 0 saturated heterocycles. The molecule has 2 rings (SSSR count). The predicted octanol–water partition coefficient (Wildman–Crippen LogP) is 1.74. The summed E-state index contributed by atoms with van der Waals surface area (Å²) < 4.78 is 10.3. The van der Waals surface area contributed by atoms with Crippen LogP contribution in [-0.2, 0) is 14.3 Å². The molecule has 0 radical (unpaired) electrons. The topological polar surface area (TPSA) is 93.1 Å². The second-order valence-corrected chi connectivity index (χ2v) is 6.99. The zero-order valence-electron chi connectivity index (χ0n) is 12.6. The van der Waals surface area contributed by atoms with Crippen molar-refractivity contribution >= 4 is 34.5 Å². The number of hydrogen-bond donors (Lipinski definition) is 2. The van der Waals surface area contributed by atoms with Crippen molar-refractivity contribution in [1.29, 1.82) is 0 Å². The first kappa shape index (κ1) is 18.2. The van der Waals surface area contributed by atoms with E-state index in [0.29, 0.717) is 5.56 Å². The number of alkyl halides is 1. The molecule has 0 amide bonds. The third-order valence-corrected chi connectivity index (χ3v) is 5.52. The third kappa shape index (κ3) is 4.21. The number of carbonyl (C=O) groups is 2. The highest BCUT2D eigenvalue weighted by molar-refractivity contribution is 14.1. The maximum atomic E-state index is 12.3. The third-order valence-electron chi connectivity index (χ3n) is 4.07. The van der Waals surface area contributed by atoms with Gasteiger partial charge < -0.3 is 19.7 Å². The minimum atomic E-state index is -0.992. The van der Waals surface area contributed by atoms with Crippen molar-refractivity contribution in [1.82, 2.24) is 0 Å². The molecule has 0 spiro atoms. The minimum Gasteiger partial charge on any atom is -0.481 e. The molecule has 0 heterocycles. The molecular formula is C16H19IO6. The Bertz CT molecular complexity index is 549. The fraction of sp³-hybridized carbons (Fsp3) is 0.500. The number of ether oxygens (including phenoxy) is 2. The Morgan fingerprint density at radius 3 is 2.43 bits per heavy atom. The number of benzene rings is 1. The lowest BCUT2D eigenvalue weighted by molar-refractivity contribution is -0.139. The van der Waals surface area contributed by atoms with E-state index in [0.717, 1.165) is 0 Å². The quantitative estimate of drug-likeness (QED) is 0.403. The van der Waals surface area contributed by atoms with E-state index in [1.807, 2.05) is 22.6 Å². The van der Waals surface area contributed by atoms with Crippen molar-refractivity contribution in [2.45, 2.75) is 22.6 Å². The average molecular weight is 434 g/mol. The molecule has 5 unspecified atom stereocenters. The molecule has 0 aliphatic heterocycles. The molecule has 126 valence electrons. The second-order valence-electron chi connectivity index (χ2n) is 5.55. The Morgan fingerprint density at radius 1 is 1.22 bits per heavy atom. The van der Waals surface area contributed by atoms with Crippen molar-refractivity contribution in [2.24, 2.45) is 11.8 Å². The molecule has 5 atom stereocenters. The largest absolute Gasteiger partial charge is 0.481 e. The van der Waals surface area contributed by atoms with Crippen molar-refractivity contribution in [3.8, 4) is 0 Å². The van der Waals surface area contributed by atoms with Gasteiger partial charge >= 0.3 is 11.9 Å². The standard InChI is InChI=1S/C16H19IO6/c1-22-8-11-10(7-12(18)19)14(20)13(17)15(11)23-16(21)9-5-3-2-4-6-9/h2-6,10-11,13-15,20H,7-8H2,1H3,(H,18,19). The van der Waals surface area contributed by atoms with Gasteiger partial charge in [0.15, 0.2) is 0 Å². The van der Waals surface area contributed by atoms with Gasteiger partial charge in [0.2, 0.25) is 0 Å². The van der Waals surface area contributed by atoms with Crippen molar-refractivity contribution in [3.05, 3.63) is 35.9 Å². The molecule has 1 saturated carbocycles. The van der Waals surface area contributed by atoms with Crippen LogP contribution >= 0.6 is 22.6 Å². The SMILES string of the molecule is COCC1C(CC(=O)O)C(O)C(I)C1OC(=O)c1ccccc1. The van der Waals surface area contributed by atoms with Crippen LogP contribution in [-0.4, -0.2) is 52.0 Å². The van der Waals surface area contributed by atoms with Crippen molar-refractivity contribution < 1.29 is 29.3 Å². The van der Waals surface area contributed by atoms with E-state index >= 15 is 0 Å². The summed E-state index contributed by atoms with van der Waals surface area (Å²) >= 11 is 2.01. The number of carbonyl (C=O) groups excluding carboxylic acids is 1. The molecule has 1 aromatic rings. The summed E-state index contributed by atoms with van der Waals surface area (Å²) in [6.45, 7) is 0.223. The molecule has 1 aromatic carbocycles. The van der Waals surface area contributed by atoms with E-state index < -0.39 is 30.1 Å². The van der Waals surface area contributed by atoms with Crippen LogP contribution in [0.15, 0.2) is 30.3 Å². The molecular weight excluding hydrogens is 415 g/mol. The average Bonchev–Trinajstić information content (AvgIpc) is 2.74. The number of aliphatic hydroxyl groups is 1. The van der Waals surface area contributed by atoms with E-state index in [1.165, 1.54) is 7.11 Å². The first-order valence-electron chi connectivity index (χ1n) is 7.24. The normalized spacial score (nSPS) is 30.1. The van der Waals surface area contributed by atoms with Crippen molar-refractivity contribution in [3.63, 3.8) is 0 Å². The van der Waals surface area contributed by atoms with Gasteiger partial charge in [-0.05, 0) is 12.1 Å². The predicted molar refractivity (Wildman–Crippen MR) is 90.6 cm³/mol. The minimum absolute atomic E-state index is 0.186. The van der Waals surface area contributed by atoms with Gasteiger partial charge in [-0.25, -0.2) is 4.79 Å². The summed E-state index contributed by atoms with van der Waals surface area (Å²) in [7, 11) is 1.50. The van der Waals surface area contributed by atoms with Crippen LogP contribution in [0.1, 0.15) is 16.8 Å². The van der Waals surface area contributed by atoms with Crippen LogP contribution in [0.25, 0.3) is 0 Å². The second kappa shape index (κ2) is 8.07. The number of aliphatic carboxylic acids is 1. The molecule has 0 bridgehead atoms. The lowest BCUT2D eigenvalue weighted by Crippen LogP contribution is -2.33. The fourth-order valence-electron chi connectivity index (χ4n) is 2.97. The smallest absolute Gasteiger partial charge is 0.338 e. The molecule has 1 fully saturated rings. The number of carboxylic acids is 1. The van der Waals surface area contributed by atoms with Gasteiger partial charge in [0, 0.05) is 18.9 Å². The number of aliphatic hydroxyl groups excluding tert-OH is 1. The fourth-order valence-corrected chi connectivity index (χ4v) is 4.18. The van der Waals surface area contributed by atoms with Crippen LogP contribution in [0.5, 0.6) is 0 Å². The lowest BCUT2D eigenvalue weighted by Gasteiger charge is -2.24. The van der Waals surface area contributed by atoms with Gasteiger partial charge in [-0.2, -0.15) is 0 Å². The van der Waals surface area contributed by atoms with Gasteiger partial charge in [-0.15, -0.1) is 0 Å². The molecule has 6 nitrogen and oxygen atoms in total. The number of esters is 1. The summed E-state index contributed by atoms with van der Waals surface area (Å²) in [5.74, 6) is -2.35. The number of methoxy groups -OCH3 is 1. The zero-order chi connectivity index (χ0) is 17.0. The Hall–Kier alpha value is -1.19. The van der Waals surface area contributed by atoms with Gasteiger partial charge in [-0.3, -0.25) is 4.79 Å². The van der Waals surface area contributed by atoms with Gasteiger partial charge in [0.25, 0.3) is 0 Å². The highest BCUT2D eigenvalue weighted by Crippen LogP contribution is 2.41. The van der Waals surface area contributed by atoms with E-state index in [4.69, 9.17) is 14.6 Å². The van der Waals surface area contributed by atoms with Crippen LogP contribution in [0.3, 0.4) is 0 Å². The van der Waals surface area contributed by atoms with Gasteiger partial charge in [-0.1, -0.05) is 40.8 Å². The molecule has 1 aliphatic rings. The Morgan fingerprint density at radius 2 is 1.87 bits per heavy atom. The lowest BCUT2D eigenvalue weighted by atomic mass is 9.91. The summed E-state index contributed by atoms with van der Waals surface area (Å²) in [6.07, 6.45) is -1.64. The monoisotopic (exact) mass is 434 g/mol. The van der Waals surface area contributed by atoms with E-state index in [1.54, 1.807) is 30.3 Å². The maximum absolute atomic E-state index is 12.3. The number of halogens is 1. The number of rotatable bonds is 6. The van der Waals surface area contributed by atoms with Gasteiger partial charge in [0.05, 0.1) is 28.6 Å². The van der Waals surface area contributed by atoms with E-state index in [9.17, 15) is 14.7 Å². The van der Waals surface area contributed by atoms with Crippen LogP contribution in [0.4, 0.5) is 0 Å². The van der Waals surface area contributed by atoms with Gasteiger partial charge in [0.1, 0.15) is 6.10 Å². The first-order chi connectivity index (χ1) is 11.0. The zero-order valence-corrected chi connectivity index (χ0v) is 14.8. The highest BCUT2D eigenvalue weighted by atomic mass is 127. The molecule has 7 heteroatoms. The van der Waals surface area contributed by atoms with E-state index in [2.05, 4.69) is 0 Å². The Kier molecular flexibility index (Phi) is 6.37. The number of hydrogen-bond acceptors (Lipinski definition) is 5. The highest BCUT2D eigenvalue weighted by Gasteiger charge is 2.51. The molecule has 1 aliphatic carbocycles. The Balaban J connectivity index is 2.17. The summed E-state index contributed by atoms with van der Waals surface area (Å²) in [4.78, 5) is 23.3. The van der Waals surface area contributed by atoms with E-state index in [-0.39, 0.29) is 22.9 Å². The van der Waals surface area contributed by atoms with Crippen molar-refractivity contribution in [2.75, 3.05) is 13.7 Å². The molecule has 23 heavy (non-hydrogen) atoms. The summed E-state index contributed by atoms with van der Waals surface area (Å²) in [5, 5.41) is 19.4. The maximum Gasteiger partial charge on any atom is 0.338 e. The molecule has 2 N–H and O–H groups in total. The Labute approximate surface area is 147 Å². The molecule has 0 aromatic heterocycles. The van der Waals surface area contributed by atoms with Crippen LogP contribution in [0, 0.1) is 11.8 Å². The summed E-state index contributed by atoms with van der Waals surface area (Å²) in [6, 6.07) is 8.57. The summed E-state index contributed by atoms with van der Waals surface area (Å²) in [5.41, 5.74) is 0.420. The van der Waals surface area contributed by atoms with Crippen LogP contribution in [0.2, 0.25) is 0 Å².